The number of nitrogens with zero attached hydrogens (tertiary/aromatic N) is 1. The highest BCUT2D eigenvalue weighted by Gasteiger charge is 2.02. The Bertz CT molecular complexity index is 801. The molecule has 16 heavy (non-hydrogen) atoms. The smallest absolute Gasteiger partial charge is 0.211 e. The molecule has 0 aliphatic rings. The van der Waals surface area contributed by atoms with Crippen molar-refractivity contribution >= 4 is 28.6 Å². The van der Waals surface area contributed by atoms with Gasteiger partial charge in [-0.25, -0.2) is 0 Å². The Morgan fingerprint density at radius 3 is 2.81 bits per heavy atom. The molecule has 0 atom stereocenters. The van der Waals surface area contributed by atoms with Crippen LogP contribution in [0.1, 0.15) is 0 Å². The number of hydrogen-bond donors (Lipinski definition) is 1. The maximum absolute atomic E-state index is 12.2. The van der Waals surface area contributed by atoms with Crippen LogP contribution in [-0.4, -0.2) is 9.38 Å². The van der Waals surface area contributed by atoms with Gasteiger partial charge in [0.05, 0.1) is 11.0 Å². The van der Waals surface area contributed by atoms with Gasteiger partial charge in [-0.2, -0.15) is 0 Å². The van der Waals surface area contributed by atoms with E-state index >= 15 is 0 Å². The van der Waals surface area contributed by atoms with Gasteiger partial charge in [0.2, 0.25) is 5.43 Å². The average Bonchev–Trinajstić information content (AvgIpc) is 2.74. The minimum atomic E-state index is -0.00653. The van der Waals surface area contributed by atoms with Crippen molar-refractivity contribution in [1.82, 2.24) is 9.38 Å². The van der Waals surface area contributed by atoms with Crippen LogP contribution in [0, 0.1) is 4.77 Å². The molecule has 78 valence electrons. The molecule has 0 saturated carbocycles. The lowest BCUT2D eigenvalue weighted by Crippen LogP contribution is -1.99. The summed E-state index contributed by atoms with van der Waals surface area (Å²) in [4.78, 5) is 15.3. The van der Waals surface area contributed by atoms with Crippen molar-refractivity contribution in [3.05, 3.63) is 57.6 Å². The summed E-state index contributed by atoms with van der Waals surface area (Å²) in [6.07, 6.45) is 1.79. The molecular weight excluding hydrogens is 220 g/mol. The molecule has 1 N–H and O–H groups in total. The summed E-state index contributed by atoms with van der Waals surface area (Å²) in [6.45, 7) is 0. The molecule has 0 saturated heterocycles. The second-order valence-electron chi connectivity index (χ2n) is 3.57. The van der Waals surface area contributed by atoms with Crippen LogP contribution in [0.5, 0.6) is 0 Å². The van der Waals surface area contributed by atoms with Crippen molar-refractivity contribution in [1.29, 1.82) is 0 Å². The molecule has 0 unspecified atom stereocenters. The van der Waals surface area contributed by atoms with Crippen molar-refractivity contribution in [3.8, 4) is 0 Å². The van der Waals surface area contributed by atoms with E-state index in [-0.39, 0.29) is 5.43 Å². The summed E-state index contributed by atoms with van der Waals surface area (Å²) in [5.41, 5.74) is 1.36. The standard InChI is InChI=1S/C12H8N2OS/c15-11-8-4-1-2-5-9(8)13-12(16)14-7-3-6-10(11)14/h1-7H,(H,13,16). The Morgan fingerprint density at radius 2 is 1.94 bits per heavy atom. The van der Waals surface area contributed by atoms with Crippen LogP contribution < -0.4 is 5.43 Å². The van der Waals surface area contributed by atoms with Crippen molar-refractivity contribution in [2.75, 3.05) is 0 Å². The van der Waals surface area contributed by atoms with Crippen LogP contribution in [0.4, 0.5) is 0 Å². The molecule has 0 radical (unpaired) electrons. The molecule has 0 aliphatic heterocycles. The third-order valence-electron chi connectivity index (χ3n) is 2.61. The molecule has 0 aliphatic carbocycles. The van der Waals surface area contributed by atoms with Gasteiger partial charge in [0.25, 0.3) is 0 Å². The Kier molecular flexibility index (Phi) is 1.91. The predicted octanol–water partition coefficient (Wildman–Crippen LogP) is 2.51. The number of H-pyrrole nitrogens is 1. The Hall–Kier alpha value is -1.94. The lowest BCUT2D eigenvalue weighted by molar-refractivity contribution is 1.11. The lowest BCUT2D eigenvalue weighted by Gasteiger charge is -1.88. The molecule has 0 bridgehead atoms. The van der Waals surface area contributed by atoms with Crippen molar-refractivity contribution in [3.63, 3.8) is 0 Å². The van der Waals surface area contributed by atoms with Gasteiger partial charge in [-0.1, -0.05) is 12.1 Å². The Morgan fingerprint density at radius 1 is 1.12 bits per heavy atom. The zero-order chi connectivity index (χ0) is 11.1. The minimum absolute atomic E-state index is 0.00653. The van der Waals surface area contributed by atoms with Crippen LogP contribution in [-0.2, 0) is 0 Å². The molecule has 1 aromatic carbocycles. The third kappa shape index (κ3) is 1.20. The summed E-state index contributed by atoms with van der Waals surface area (Å²) in [7, 11) is 0. The Balaban J connectivity index is 2.80. The van der Waals surface area contributed by atoms with E-state index in [2.05, 4.69) is 4.98 Å². The summed E-state index contributed by atoms with van der Waals surface area (Å²) in [6, 6.07) is 11.0. The summed E-state index contributed by atoms with van der Waals surface area (Å²) < 4.78 is 2.22. The van der Waals surface area contributed by atoms with Crippen LogP contribution in [0.15, 0.2) is 47.4 Å². The number of benzene rings is 1. The maximum Gasteiger partial charge on any atom is 0.211 e. The maximum atomic E-state index is 12.2. The van der Waals surface area contributed by atoms with Crippen molar-refractivity contribution in [2.24, 2.45) is 0 Å². The average molecular weight is 228 g/mol. The monoisotopic (exact) mass is 228 g/mol. The first kappa shape index (κ1) is 9.30. The highest BCUT2D eigenvalue weighted by Crippen LogP contribution is 2.08. The van der Waals surface area contributed by atoms with Gasteiger partial charge in [-0.15, -0.1) is 0 Å². The lowest BCUT2D eigenvalue weighted by atomic mass is 10.2. The number of rotatable bonds is 0. The SMILES string of the molecule is O=c1c2ccccc2[nH]c(=S)n2cccc12. The topological polar surface area (TPSA) is 37.3 Å². The molecule has 4 heteroatoms. The Labute approximate surface area is 96.0 Å². The van der Waals surface area contributed by atoms with E-state index in [4.69, 9.17) is 12.2 Å². The molecule has 0 amide bonds. The van der Waals surface area contributed by atoms with Crippen molar-refractivity contribution in [2.45, 2.75) is 0 Å². The molecule has 3 rings (SSSR count). The molecule has 3 nitrogen and oxygen atoms in total. The van der Waals surface area contributed by atoms with E-state index in [1.807, 2.05) is 24.3 Å². The minimum Gasteiger partial charge on any atom is -0.331 e. The van der Waals surface area contributed by atoms with Gasteiger partial charge in [-0.3, -0.25) is 9.20 Å². The van der Waals surface area contributed by atoms with Gasteiger partial charge in [0, 0.05) is 11.6 Å². The van der Waals surface area contributed by atoms with Crippen molar-refractivity contribution < 1.29 is 0 Å². The zero-order valence-electron chi connectivity index (χ0n) is 8.31. The van der Waals surface area contributed by atoms with Crippen LogP contribution in [0.2, 0.25) is 0 Å². The summed E-state index contributed by atoms with van der Waals surface area (Å²) >= 11 is 5.23. The number of para-hydroxylation sites is 1. The fourth-order valence-corrected chi connectivity index (χ4v) is 2.12. The number of aromatic nitrogens is 2. The van der Waals surface area contributed by atoms with Crippen LogP contribution in [0.3, 0.4) is 0 Å². The van der Waals surface area contributed by atoms with E-state index < -0.39 is 0 Å². The second-order valence-corrected chi connectivity index (χ2v) is 3.95. The van der Waals surface area contributed by atoms with Crippen LogP contribution in [0.25, 0.3) is 16.4 Å². The summed E-state index contributed by atoms with van der Waals surface area (Å²) in [5, 5.41) is 0.655. The zero-order valence-corrected chi connectivity index (χ0v) is 9.12. The van der Waals surface area contributed by atoms with E-state index in [0.717, 1.165) is 5.52 Å². The first-order valence-electron chi connectivity index (χ1n) is 4.90. The normalized spacial score (nSPS) is 11.0. The number of nitrogens with one attached hydrogen (secondary N) is 1. The first-order chi connectivity index (χ1) is 7.77. The molecular formula is C12H8N2OS. The van der Waals surface area contributed by atoms with E-state index in [0.29, 0.717) is 15.7 Å². The summed E-state index contributed by atoms with van der Waals surface area (Å²) in [5.74, 6) is 0. The predicted molar refractivity (Wildman–Crippen MR) is 66.4 cm³/mol. The molecule has 2 heterocycles. The highest BCUT2D eigenvalue weighted by molar-refractivity contribution is 7.71. The molecule has 0 spiro atoms. The van der Waals surface area contributed by atoms with Gasteiger partial charge >= 0.3 is 0 Å². The fraction of sp³-hybridized carbons (Fsp3) is 0. The quantitative estimate of drug-likeness (QED) is 0.600. The third-order valence-corrected chi connectivity index (χ3v) is 2.91. The molecule has 2 aromatic heterocycles. The van der Waals surface area contributed by atoms with E-state index in [9.17, 15) is 4.79 Å². The largest absolute Gasteiger partial charge is 0.331 e. The van der Waals surface area contributed by atoms with Gasteiger partial charge < -0.3 is 4.98 Å². The van der Waals surface area contributed by atoms with E-state index in [1.54, 1.807) is 22.7 Å². The fourth-order valence-electron chi connectivity index (χ4n) is 1.85. The number of fused-ring (bicyclic) bond motifs is 2. The van der Waals surface area contributed by atoms with Crippen LogP contribution >= 0.6 is 12.2 Å². The van der Waals surface area contributed by atoms with Gasteiger partial charge in [0.1, 0.15) is 0 Å². The van der Waals surface area contributed by atoms with E-state index in [1.165, 1.54) is 0 Å². The highest BCUT2D eigenvalue weighted by atomic mass is 32.1. The first-order valence-corrected chi connectivity index (χ1v) is 5.30. The second kappa shape index (κ2) is 3.28. The van der Waals surface area contributed by atoms with Gasteiger partial charge in [0.15, 0.2) is 4.77 Å². The molecule has 3 aromatic rings. The van der Waals surface area contributed by atoms with Gasteiger partial charge in [-0.05, 0) is 36.5 Å². The number of hydrogen-bond acceptors (Lipinski definition) is 2. The number of aromatic amines is 1. The molecule has 0 fully saturated rings.